The van der Waals surface area contributed by atoms with Gasteiger partial charge in [0.15, 0.2) is 12.5 Å². The molecule has 98 valence electrons. The van der Waals surface area contributed by atoms with Crippen LogP contribution in [-0.2, 0) is 4.74 Å². The zero-order valence-corrected chi connectivity index (χ0v) is 9.28. The Bertz CT molecular complexity index is 562. The van der Waals surface area contributed by atoms with E-state index in [4.69, 9.17) is 9.84 Å². The molecule has 1 aliphatic rings. The third kappa shape index (κ3) is 2.13. The van der Waals surface area contributed by atoms with Crippen LogP contribution in [0.5, 0.6) is 0 Å². The highest BCUT2D eigenvalue weighted by Crippen LogP contribution is 2.27. The maximum atomic E-state index is 11.6. The first kappa shape index (κ1) is 12.7. The van der Waals surface area contributed by atoms with Gasteiger partial charge in [-0.1, -0.05) is 0 Å². The van der Waals surface area contributed by atoms with Crippen LogP contribution in [0, 0.1) is 0 Å². The summed E-state index contributed by atoms with van der Waals surface area (Å²) in [5.41, 5.74) is -1.73. The number of H-pyrrole nitrogens is 1. The van der Waals surface area contributed by atoms with Gasteiger partial charge in [-0.3, -0.25) is 19.1 Å². The normalized spacial score (nSPS) is 27.3. The highest BCUT2D eigenvalue weighted by molar-refractivity contribution is 5.71. The average molecular weight is 256 g/mol. The molecule has 1 aromatic heterocycles. The molecule has 8 nitrogen and oxygen atoms in total. The van der Waals surface area contributed by atoms with Gasteiger partial charge in [-0.2, -0.15) is 0 Å². The van der Waals surface area contributed by atoms with Crippen molar-refractivity contribution in [3.63, 3.8) is 0 Å². The second-order valence-corrected chi connectivity index (χ2v) is 3.99. The summed E-state index contributed by atoms with van der Waals surface area (Å²) in [5.74, 6) is 0. The van der Waals surface area contributed by atoms with E-state index in [2.05, 4.69) is 0 Å². The van der Waals surface area contributed by atoms with Crippen LogP contribution >= 0.6 is 0 Å². The van der Waals surface area contributed by atoms with Crippen LogP contribution in [0.25, 0.3) is 0 Å². The molecule has 3 atom stereocenters. The van der Waals surface area contributed by atoms with Gasteiger partial charge >= 0.3 is 5.69 Å². The van der Waals surface area contributed by atoms with Crippen molar-refractivity contribution in [2.75, 3.05) is 6.61 Å². The van der Waals surface area contributed by atoms with Gasteiger partial charge in [0.2, 0.25) is 0 Å². The summed E-state index contributed by atoms with van der Waals surface area (Å²) in [6.07, 6.45) is -2.26. The lowest BCUT2D eigenvalue weighted by Crippen LogP contribution is -2.37. The van der Waals surface area contributed by atoms with E-state index in [0.717, 1.165) is 10.6 Å². The Morgan fingerprint density at radius 2 is 2.28 bits per heavy atom. The fourth-order valence-corrected chi connectivity index (χ4v) is 1.96. The van der Waals surface area contributed by atoms with Gasteiger partial charge < -0.3 is 14.9 Å². The maximum absolute atomic E-state index is 11.6. The van der Waals surface area contributed by atoms with Crippen molar-refractivity contribution in [3.05, 3.63) is 32.6 Å². The predicted molar refractivity (Wildman–Crippen MR) is 58.3 cm³/mol. The Morgan fingerprint density at radius 3 is 2.83 bits per heavy atom. The fourth-order valence-electron chi connectivity index (χ4n) is 1.96. The molecule has 0 radical (unpaired) electrons. The largest absolute Gasteiger partial charge is 0.394 e. The summed E-state index contributed by atoms with van der Waals surface area (Å²) in [7, 11) is 0. The zero-order valence-electron chi connectivity index (χ0n) is 9.28. The first-order chi connectivity index (χ1) is 8.56. The smallest absolute Gasteiger partial charge is 0.331 e. The van der Waals surface area contributed by atoms with Crippen molar-refractivity contribution >= 4 is 6.29 Å². The average Bonchev–Trinajstić information content (AvgIpc) is 2.69. The molecule has 0 aromatic carbocycles. The Morgan fingerprint density at radius 1 is 1.56 bits per heavy atom. The summed E-state index contributed by atoms with van der Waals surface area (Å²) in [6, 6.07) is 0.941. The topological polar surface area (TPSA) is 122 Å². The number of rotatable bonds is 3. The highest BCUT2D eigenvalue weighted by atomic mass is 16.5. The molecule has 18 heavy (non-hydrogen) atoms. The first-order valence-corrected chi connectivity index (χ1v) is 5.32. The van der Waals surface area contributed by atoms with Gasteiger partial charge in [0.05, 0.1) is 18.4 Å². The molecule has 8 heteroatoms. The number of aliphatic hydroxyl groups excluding tert-OH is 2. The van der Waals surface area contributed by atoms with Crippen LogP contribution in [-0.4, -0.2) is 44.9 Å². The molecular formula is C10H12N2O6. The van der Waals surface area contributed by atoms with Crippen LogP contribution in [0.4, 0.5) is 0 Å². The van der Waals surface area contributed by atoms with Gasteiger partial charge in [-0.15, -0.1) is 0 Å². The van der Waals surface area contributed by atoms with E-state index < -0.39 is 29.7 Å². The molecule has 0 unspecified atom stereocenters. The third-order valence-electron chi connectivity index (χ3n) is 2.75. The number of ether oxygens (including phenoxy) is 1. The molecule has 1 fully saturated rings. The van der Waals surface area contributed by atoms with Crippen molar-refractivity contribution in [1.29, 1.82) is 0 Å². The van der Waals surface area contributed by atoms with Gasteiger partial charge in [-0.05, 0) is 0 Å². The fraction of sp³-hybridized carbons (Fsp3) is 0.500. The second kappa shape index (κ2) is 4.84. The minimum Gasteiger partial charge on any atom is -0.394 e. The molecule has 1 saturated heterocycles. The van der Waals surface area contributed by atoms with E-state index in [9.17, 15) is 19.5 Å². The first-order valence-electron chi connectivity index (χ1n) is 5.32. The number of aldehydes is 1. The van der Waals surface area contributed by atoms with E-state index in [1.54, 1.807) is 0 Å². The molecule has 0 amide bonds. The van der Waals surface area contributed by atoms with Gasteiger partial charge in [0.1, 0.15) is 6.10 Å². The van der Waals surface area contributed by atoms with Crippen LogP contribution in [0.2, 0.25) is 0 Å². The number of hydrogen-bond acceptors (Lipinski definition) is 6. The van der Waals surface area contributed by atoms with Crippen LogP contribution in [0.15, 0.2) is 15.7 Å². The van der Waals surface area contributed by atoms with Gasteiger partial charge in [-0.25, -0.2) is 4.79 Å². The van der Waals surface area contributed by atoms with E-state index in [1.165, 1.54) is 0 Å². The van der Waals surface area contributed by atoms with E-state index in [0.29, 0.717) is 6.29 Å². The number of nitrogens with one attached hydrogen (secondary N) is 1. The number of hydrogen-bond donors (Lipinski definition) is 3. The van der Waals surface area contributed by atoms with Crippen molar-refractivity contribution in [2.24, 2.45) is 0 Å². The van der Waals surface area contributed by atoms with Crippen LogP contribution < -0.4 is 11.2 Å². The number of aromatic amines is 1. The quantitative estimate of drug-likeness (QED) is 0.537. The van der Waals surface area contributed by atoms with E-state index in [1.807, 2.05) is 4.98 Å². The van der Waals surface area contributed by atoms with Crippen molar-refractivity contribution < 1.29 is 19.7 Å². The molecule has 2 rings (SSSR count). The number of aliphatic hydroxyl groups is 2. The molecule has 3 N–H and O–H groups in total. The Kier molecular flexibility index (Phi) is 3.41. The Labute approximate surface area is 100 Å². The van der Waals surface area contributed by atoms with Crippen molar-refractivity contribution in [3.8, 4) is 0 Å². The highest BCUT2D eigenvalue weighted by Gasteiger charge is 2.36. The van der Waals surface area contributed by atoms with E-state index >= 15 is 0 Å². The minimum absolute atomic E-state index is 0.144. The number of carbonyl (C=O) groups is 1. The number of nitrogens with zero attached hydrogens (tertiary/aromatic N) is 1. The molecule has 0 aliphatic carbocycles. The minimum atomic E-state index is -1.09. The monoisotopic (exact) mass is 256 g/mol. The summed E-state index contributed by atoms with van der Waals surface area (Å²) in [6.45, 7) is -0.303. The number of aromatic nitrogens is 2. The molecule has 0 bridgehead atoms. The molecule has 0 saturated carbocycles. The summed E-state index contributed by atoms with van der Waals surface area (Å²) in [4.78, 5) is 35.5. The van der Waals surface area contributed by atoms with Gasteiger partial charge in [0, 0.05) is 12.5 Å². The number of carbonyl (C=O) groups excluding carboxylic acids is 1. The Hall–Kier alpha value is -1.77. The summed E-state index contributed by atoms with van der Waals surface area (Å²) in [5, 5.41) is 18.7. The van der Waals surface area contributed by atoms with Gasteiger partial charge in [0.25, 0.3) is 5.56 Å². The van der Waals surface area contributed by atoms with Crippen LogP contribution in [0.3, 0.4) is 0 Å². The molecule has 2 heterocycles. The Balaban J connectivity index is 2.48. The van der Waals surface area contributed by atoms with Crippen LogP contribution in [0.1, 0.15) is 23.1 Å². The molecular weight excluding hydrogens is 244 g/mol. The summed E-state index contributed by atoms with van der Waals surface area (Å²) >= 11 is 0. The lowest BCUT2D eigenvalue weighted by atomic mass is 10.2. The summed E-state index contributed by atoms with van der Waals surface area (Å²) < 4.78 is 6.12. The van der Waals surface area contributed by atoms with Crippen molar-refractivity contribution in [1.82, 2.24) is 9.55 Å². The lowest BCUT2D eigenvalue weighted by Gasteiger charge is -2.18. The second-order valence-electron chi connectivity index (χ2n) is 3.99. The zero-order chi connectivity index (χ0) is 13.3. The van der Waals surface area contributed by atoms with Crippen molar-refractivity contribution in [2.45, 2.75) is 24.9 Å². The predicted octanol–water partition coefficient (Wildman–Crippen LogP) is -2.01. The van der Waals surface area contributed by atoms with E-state index in [-0.39, 0.29) is 18.7 Å². The SMILES string of the molecule is O=Cc1cc(=O)[nH]c(=O)n1[C@@H]1O[C@H](CO)C[C@H]1O. The maximum Gasteiger partial charge on any atom is 0.331 e. The lowest BCUT2D eigenvalue weighted by molar-refractivity contribution is -0.0536. The molecule has 1 aliphatic heterocycles. The standard InChI is InChI=1S/C10H12N2O6/c13-3-5-1-8(16)11-10(17)12(5)9-7(15)2-6(4-14)18-9/h1,3,6-7,9,14-15H,2,4H2,(H,11,16,17)/t6-,7+,9+/m0/s1. The molecule has 0 spiro atoms. The third-order valence-corrected chi connectivity index (χ3v) is 2.75. The molecule has 1 aromatic rings.